The number of hydrogen-bond acceptors (Lipinski definition) is 3. The molecule has 0 radical (unpaired) electrons. The van der Waals surface area contributed by atoms with Gasteiger partial charge >= 0.3 is 0 Å². The highest BCUT2D eigenvalue weighted by Crippen LogP contribution is 2.35. The predicted octanol–water partition coefficient (Wildman–Crippen LogP) is 3.35. The van der Waals surface area contributed by atoms with E-state index in [0.717, 1.165) is 40.7 Å². The van der Waals surface area contributed by atoms with E-state index in [4.69, 9.17) is 0 Å². The number of halogens is 1. The molecule has 5 nitrogen and oxygen atoms in total. The minimum absolute atomic E-state index is 0.0616. The summed E-state index contributed by atoms with van der Waals surface area (Å²) in [5.41, 5.74) is 4.74. The average Bonchev–Trinajstić information content (AvgIpc) is 3.34. The Morgan fingerprint density at radius 3 is 3.00 bits per heavy atom. The molecule has 0 N–H and O–H groups in total. The lowest BCUT2D eigenvalue weighted by Crippen LogP contribution is -2.08. The zero-order chi connectivity index (χ0) is 16.8. The van der Waals surface area contributed by atoms with Gasteiger partial charge in [-0.05, 0) is 42.2 Å². The zero-order valence-corrected chi connectivity index (χ0v) is 13.5. The van der Waals surface area contributed by atoms with Crippen LogP contribution in [0.15, 0.2) is 55.0 Å². The molecule has 0 saturated carbocycles. The van der Waals surface area contributed by atoms with E-state index in [-0.39, 0.29) is 11.9 Å². The van der Waals surface area contributed by atoms with E-state index in [1.807, 2.05) is 47.5 Å². The number of para-hydroxylation sites is 2. The van der Waals surface area contributed by atoms with Crippen LogP contribution in [-0.4, -0.2) is 24.5 Å². The zero-order valence-electron chi connectivity index (χ0n) is 13.5. The molecule has 1 aliphatic rings. The van der Waals surface area contributed by atoms with Crippen molar-refractivity contribution < 1.29 is 4.39 Å². The Kier molecular flexibility index (Phi) is 3.16. The molecule has 25 heavy (non-hydrogen) atoms. The van der Waals surface area contributed by atoms with Crippen LogP contribution < -0.4 is 0 Å². The smallest absolute Gasteiger partial charge is 0.126 e. The lowest BCUT2D eigenvalue weighted by atomic mass is 10.1. The minimum atomic E-state index is -0.120. The highest BCUT2D eigenvalue weighted by molar-refractivity contribution is 5.75. The van der Waals surface area contributed by atoms with Crippen molar-refractivity contribution in [3.63, 3.8) is 0 Å². The molecular weight excluding hydrogens is 317 g/mol. The summed E-state index contributed by atoms with van der Waals surface area (Å²) >= 11 is 0. The Hall–Kier alpha value is -3.02. The first kappa shape index (κ1) is 14.3. The van der Waals surface area contributed by atoms with Gasteiger partial charge in [0.2, 0.25) is 0 Å². The van der Waals surface area contributed by atoms with Crippen molar-refractivity contribution in [2.24, 2.45) is 0 Å². The van der Waals surface area contributed by atoms with E-state index >= 15 is 0 Å². The van der Waals surface area contributed by atoms with Gasteiger partial charge in [0.05, 0.1) is 36.1 Å². The van der Waals surface area contributed by atoms with Crippen molar-refractivity contribution in [1.82, 2.24) is 24.5 Å². The maximum atomic E-state index is 13.9. The highest BCUT2D eigenvalue weighted by Gasteiger charge is 2.27. The van der Waals surface area contributed by atoms with Gasteiger partial charge in [-0.2, -0.15) is 0 Å². The van der Waals surface area contributed by atoms with Gasteiger partial charge in [0.1, 0.15) is 11.5 Å². The third-order valence-corrected chi connectivity index (χ3v) is 4.92. The standard InChI is InChI=1S/C19H16FN5/c20-16-5-3-4-15-14(16)8-9-18(15)25-11-13(22-23-25)10-24-12-21-17-6-1-2-7-19(17)24/h1-7,11-12,18H,8-10H2/t18-/m1/s1. The Bertz CT molecular complexity index is 1060. The lowest BCUT2D eigenvalue weighted by molar-refractivity contribution is 0.504. The van der Waals surface area contributed by atoms with Crippen LogP contribution in [0.1, 0.15) is 29.3 Å². The molecule has 1 aliphatic carbocycles. The van der Waals surface area contributed by atoms with Crippen molar-refractivity contribution in [3.05, 3.63) is 77.6 Å². The van der Waals surface area contributed by atoms with Crippen molar-refractivity contribution >= 4 is 11.0 Å². The molecule has 0 aliphatic heterocycles. The van der Waals surface area contributed by atoms with Crippen molar-refractivity contribution in [3.8, 4) is 0 Å². The molecule has 2 heterocycles. The fraction of sp³-hybridized carbons (Fsp3) is 0.211. The van der Waals surface area contributed by atoms with Crippen molar-refractivity contribution in [1.29, 1.82) is 0 Å². The van der Waals surface area contributed by atoms with Crippen molar-refractivity contribution in [2.75, 3.05) is 0 Å². The summed E-state index contributed by atoms with van der Waals surface area (Å²) in [7, 11) is 0. The van der Waals surface area contributed by atoms with E-state index in [2.05, 4.69) is 19.9 Å². The molecule has 0 unspecified atom stereocenters. The second-order valence-electron chi connectivity index (χ2n) is 6.41. The van der Waals surface area contributed by atoms with Gasteiger partial charge in [0.15, 0.2) is 0 Å². The molecule has 6 heteroatoms. The van der Waals surface area contributed by atoms with Crippen molar-refractivity contribution in [2.45, 2.75) is 25.4 Å². The molecule has 1 atom stereocenters. The average molecular weight is 333 g/mol. The molecule has 4 aromatic rings. The maximum absolute atomic E-state index is 13.9. The quantitative estimate of drug-likeness (QED) is 0.578. The first-order chi connectivity index (χ1) is 12.3. The number of benzene rings is 2. The van der Waals surface area contributed by atoms with E-state index in [9.17, 15) is 4.39 Å². The van der Waals surface area contributed by atoms with Gasteiger partial charge in [-0.15, -0.1) is 5.10 Å². The Morgan fingerprint density at radius 1 is 1.12 bits per heavy atom. The number of nitrogens with zero attached hydrogens (tertiary/aromatic N) is 5. The monoisotopic (exact) mass is 333 g/mol. The van der Waals surface area contributed by atoms with Crippen LogP contribution in [0.2, 0.25) is 0 Å². The molecule has 0 amide bonds. The van der Waals surface area contributed by atoms with Crippen LogP contribution in [0.4, 0.5) is 4.39 Å². The summed E-state index contributed by atoms with van der Waals surface area (Å²) in [5, 5.41) is 8.61. The SMILES string of the molecule is Fc1cccc2c1CC[C@H]2n1cc(Cn2cnc3ccccc32)nn1. The molecule has 0 fully saturated rings. The van der Waals surface area contributed by atoms with Crippen LogP contribution >= 0.6 is 0 Å². The van der Waals surface area contributed by atoms with Gasteiger partial charge in [0.25, 0.3) is 0 Å². The van der Waals surface area contributed by atoms with Gasteiger partial charge < -0.3 is 4.57 Å². The molecule has 0 bridgehead atoms. The van der Waals surface area contributed by atoms with Crippen LogP contribution in [0.5, 0.6) is 0 Å². The van der Waals surface area contributed by atoms with Crippen LogP contribution in [0.3, 0.4) is 0 Å². The van der Waals surface area contributed by atoms with E-state index in [0.29, 0.717) is 6.54 Å². The number of aromatic nitrogens is 5. The topological polar surface area (TPSA) is 48.5 Å². The predicted molar refractivity (Wildman–Crippen MR) is 91.7 cm³/mol. The summed E-state index contributed by atoms with van der Waals surface area (Å²) in [4.78, 5) is 4.40. The second kappa shape index (κ2) is 5.51. The Morgan fingerprint density at radius 2 is 2.04 bits per heavy atom. The Labute approximate surface area is 143 Å². The molecule has 124 valence electrons. The summed E-state index contributed by atoms with van der Waals surface area (Å²) in [6, 6.07) is 13.4. The normalized spacial score (nSPS) is 16.4. The molecule has 2 aromatic carbocycles. The Balaban J connectivity index is 1.44. The van der Waals surface area contributed by atoms with Gasteiger partial charge in [-0.3, -0.25) is 0 Å². The van der Waals surface area contributed by atoms with Gasteiger partial charge in [0, 0.05) is 0 Å². The molecule has 0 saturated heterocycles. The third kappa shape index (κ3) is 2.33. The van der Waals surface area contributed by atoms with E-state index in [1.54, 1.807) is 6.07 Å². The number of hydrogen-bond donors (Lipinski definition) is 0. The van der Waals surface area contributed by atoms with Crippen LogP contribution in [0.25, 0.3) is 11.0 Å². The highest BCUT2D eigenvalue weighted by atomic mass is 19.1. The summed E-state index contributed by atoms with van der Waals surface area (Å²) in [6.07, 6.45) is 5.38. The van der Waals surface area contributed by atoms with E-state index < -0.39 is 0 Å². The van der Waals surface area contributed by atoms with Crippen LogP contribution in [0, 0.1) is 5.82 Å². The lowest BCUT2D eigenvalue weighted by Gasteiger charge is -2.11. The maximum Gasteiger partial charge on any atom is 0.126 e. The minimum Gasteiger partial charge on any atom is -0.324 e. The fourth-order valence-corrected chi connectivity index (χ4v) is 3.71. The van der Waals surface area contributed by atoms with Gasteiger partial charge in [-0.1, -0.05) is 29.5 Å². The number of imidazole rings is 1. The molecule has 0 spiro atoms. The van der Waals surface area contributed by atoms with E-state index in [1.165, 1.54) is 6.07 Å². The summed E-state index contributed by atoms with van der Waals surface area (Å²) in [5.74, 6) is -0.120. The number of fused-ring (bicyclic) bond motifs is 2. The van der Waals surface area contributed by atoms with Crippen LogP contribution in [-0.2, 0) is 13.0 Å². The molecule has 5 rings (SSSR count). The molecule has 2 aromatic heterocycles. The fourth-order valence-electron chi connectivity index (χ4n) is 3.71. The largest absolute Gasteiger partial charge is 0.324 e. The molecular formula is C19H16FN5. The number of rotatable bonds is 3. The summed E-state index contributed by atoms with van der Waals surface area (Å²) in [6.45, 7) is 0.614. The van der Waals surface area contributed by atoms with Gasteiger partial charge in [-0.25, -0.2) is 14.1 Å². The first-order valence-electron chi connectivity index (χ1n) is 8.37. The second-order valence-corrected chi connectivity index (χ2v) is 6.41. The summed E-state index contributed by atoms with van der Waals surface area (Å²) < 4.78 is 17.9. The first-order valence-corrected chi connectivity index (χ1v) is 8.37. The third-order valence-electron chi connectivity index (χ3n) is 4.92.